The first kappa shape index (κ1) is 20.2. The van der Waals surface area contributed by atoms with Crippen LogP contribution in [0.2, 0.25) is 0 Å². The van der Waals surface area contributed by atoms with Gasteiger partial charge in [0, 0.05) is 24.5 Å². The summed E-state index contributed by atoms with van der Waals surface area (Å²) in [6, 6.07) is 14.0. The third-order valence-corrected chi connectivity index (χ3v) is 7.56. The fraction of sp³-hybridized carbons (Fsp3) is 0.500. The molecule has 2 heterocycles. The van der Waals surface area contributed by atoms with Crippen molar-refractivity contribution in [3.8, 4) is 5.75 Å². The molecule has 2 saturated heterocycles. The van der Waals surface area contributed by atoms with Gasteiger partial charge in [-0.2, -0.15) is 0 Å². The van der Waals surface area contributed by atoms with Crippen molar-refractivity contribution in [1.29, 1.82) is 0 Å². The Morgan fingerprint density at radius 1 is 1.21 bits per heavy atom. The molecule has 1 N–H and O–H groups in total. The highest BCUT2D eigenvalue weighted by atomic mass is 32.2. The molecule has 2 atom stereocenters. The summed E-state index contributed by atoms with van der Waals surface area (Å²) < 4.78 is 35.3. The lowest BCUT2D eigenvalue weighted by Gasteiger charge is -2.37. The van der Waals surface area contributed by atoms with Crippen molar-refractivity contribution in [2.45, 2.75) is 43.7 Å². The number of carbonyl (C=O) groups is 1. The molecule has 0 aliphatic carbocycles. The van der Waals surface area contributed by atoms with Gasteiger partial charge in [-0.05, 0) is 37.1 Å². The van der Waals surface area contributed by atoms with Crippen molar-refractivity contribution in [3.63, 3.8) is 0 Å². The molecule has 0 bridgehead atoms. The molecule has 0 radical (unpaired) electrons. The number of carbonyl (C=O) groups excluding carboxylic acids is 1. The normalized spacial score (nSPS) is 25.9. The van der Waals surface area contributed by atoms with Crippen LogP contribution in [-0.4, -0.2) is 50.7 Å². The summed E-state index contributed by atoms with van der Waals surface area (Å²) in [4.78, 5) is 12.3. The number of hydrogen-bond acceptors (Lipinski definition) is 5. The summed E-state index contributed by atoms with van der Waals surface area (Å²) in [5.41, 5.74) is -0.605. The van der Waals surface area contributed by atoms with Gasteiger partial charge in [-0.3, -0.25) is 4.79 Å². The highest BCUT2D eigenvalue weighted by Gasteiger charge is 2.46. The summed E-state index contributed by atoms with van der Waals surface area (Å²) >= 11 is 0. The molecule has 2 aliphatic rings. The Morgan fingerprint density at radius 3 is 2.86 bits per heavy atom. The Hall–Kier alpha value is -2.12. The van der Waals surface area contributed by atoms with E-state index in [1.165, 1.54) is 0 Å². The largest absolute Gasteiger partial charge is 0.493 e. The Balaban J connectivity index is 1.23. The number of benzene rings is 2. The monoisotopic (exact) mass is 417 g/mol. The molecular weight excluding hydrogens is 390 g/mol. The van der Waals surface area contributed by atoms with Crippen molar-refractivity contribution in [2.24, 2.45) is 0 Å². The Kier molecular flexibility index (Phi) is 5.79. The van der Waals surface area contributed by atoms with Crippen LogP contribution in [0.25, 0.3) is 10.8 Å². The number of hydrogen-bond donors (Lipinski definition) is 1. The first-order valence-corrected chi connectivity index (χ1v) is 12.0. The standard InChI is InChI=1S/C22H27NO5S/c24-21(23-18-10-13-28-22(15-18)11-14-29(25,26)16-22)9-4-12-27-20-8-3-6-17-5-1-2-7-19(17)20/h1-3,5-8,18H,4,9-16H2,(H,23,24)/t18-,22+/m0/s1. The number of ether oxygens (including phenoxy) is 2. The zero-order valence-electron chi connectivity index (χ0n) is 16.4. The summed E-state index contributed by atoms with van der Waals surface area (Å²) in [5.74, 6) is 1.07. The molecule has 0 saturated carbocycles. The Labute approximate surface area is 171 Å². The molecule has 0 unspecified atom stereocenters. The minimum Gasteiger partial charge on any atom is -0.493 e. The lowest BCUT2D eigenvalue weighted by molar-refractivity contribution is -0.124. The molecule has 2 aromatic rings. The Morgan fingerprint density at radius 2 is 2.03 bits per heavy atom. The van der Waals surface area contributed by atoms with Crippen LogP contribution in [0.3, 0.4) is 0 Å². The van der Waals surface area contributed by atoms with E-state index < -0.39 is 15.4 Å². The molecular formula is C22H27NO5S. The van der Waals surface area contributed by atoms with E-state index in [2.05, 4.69) is 5.32 Å². The quantitative estimate of drug-likeness (QED) is 0.731. The molecule has 1 amide bonds. The number of nitrogens with one attached hydrogen (secondary N) is 1. The number of fused-ring (bicyclic) bond motifs is 1. The average Bonchev–Trinajstić information content (AvgIpc) is 2.99. The smallest absolute Gasteiger partial charge is 0.220 e. The van der Waals surface area contributed by atoms with Crippen LogP contribution in [0.4, 0.5) is 0 Å². The SMILES string of the molecule is O=C(CCCOc1cccc2ccccc12)N[C@H]1CCO[C@]2(CCS(=O)(=O)C2)C1. The zero-order chi connectivity index (χ0) is 20.3. The van der Waals surface area contributed by atoms with E-state index >= 15 is 0 Å². The van der Waals surface area contributed by atoms with Crippen molar-refractivity contribution in [2.75, 3.05) is 24.7 Å². The predicted octanol–water partition coefficient (Wildman–Crippen LogP) is 2.85. The van der Waals surface area contributed by atoms with Gasteiger partial charge in [0.25, 0.3) is 0 Å². The molecule has 29 heavy (non-hydrogen) atoms. The van der Waals surface area contributed by atoms with Crippen LogP contribution in [0.15, 0.2) is 42.5 Å². The van der Waals surface area contributed by atoms with E-state index in [1.807, 2.05) is 42.5 Å². The van der Waals surface area contributed by atoms with Crippen LogP contribution in [0.5, 0.6) is 5.75 Å². The molecule has 0 aromatic heterocycles. The van der Waals surface area contributed by atoms with Gasteiger partial charge in [0.2, 0.25) is 5.91 Å². The summed E-state index contributed by atoms with van der Waals surface area (Å²) in [6.07, 6.45) is 2.83. The van der Waals surface area contributed by atoms with Crippen molar-refractivity contribution in [3.05, 3.63) is 42.5 Å². The van der Waals surface area contributed by atoms with Gasteiger partial charge < -0.3 is 14.8 Å². The molecule has 2 aliphatic heterocycles. The van der Waals surface area contributed by atoms with Gasteiger partial charge >= 0.3 is 0 Å². The molecule has 2 fully saturated rings. The van der Waals surface area contributed by atoms with E-state index in [1.54, 1.807) is 0 Å². The fourth-order valence-corrected chi connectivity index (χ4v) is 6.32. The third-order valence-electron chi connectivity index (χ3n) is 5.77. The van der Waals surface area contributed by atoms with E-state index in [0.29, 0.717) is 38.9 Å². The van der Waals surface area contributed by atoms with Crippen LogP contribution in [-0.2, 0) is 19.4 Å². The maximum Gasteiger partial charge on any atom is 0.220 e. The van der Waals surface area contributed by atoms with Gasteiger partial charge in [0.1, 0.15) is 5.75 Å². The van der Waals surface area contributed by atoms with Crippen LogP contribution in [0.1, 0.15) is 32.1 Å². The summed E-state index contributed by atoms with van der Waals surface area (Å²) in [7, 11) is -3.02. The minimum atomic E-state index is -3.02. The van der Waals surface area contributed by atoms with E-state index in [4.69, 9.17) is 9.47 Å². The maximum atomic E-state index is 12.3. The fourth-order valence-electron chi connectivity index (χ4n) is 4.35. The lowest BCUT2D eigenvalue weighted by atomic mass is 9.90. The highest BCUT2D eigenvalue weighted by Crippen LogP contribution is 2.35. The minimum absolute atomic E-state index is 0.0191. The average molecular weight is 418 g/mol. The number of rotatable bonds is 6. The zero-order valence-corrected chi connectivity index (χ0v) is 17.2. The van der Waals surface area contributed by atoms with Gasteiger partial charge in [-0.15, -0.1) is 0 Å². The van der Waals surface area contributed by atoms with Gasteiger partial charge in [-0.1, -0.05) is 36.4 Å². The molecule has 7 heteroatoms. The molecule has 1 spiro atoms. The second-order valence-corrected chi connectivity index (χ2v) is 10.2. The Bertz CT molecular complexity index is 984. The van der Waals surface area contributed by atoms with Crippen LogP contribution in [0, 0.1) is 0 Å². The van der Waals surface area contributed by atoms with Crippen molar-refractivity contribution < 1.29 is 22.7 Å². The molecule has 2 aromatic carbocycles. The lowest BCUT2D eigenvalue weighted by Crippen LogP contribution is -2.49. The highest BCUT2D eigenvalue weighted by molar-refractivity contribution is 7.91. The second-order valence-electron chi connectivity index (χ2n) is 8.06. The molecule has 6 nitrogen and oxygen atoms in total. The number of sulfone groups is 1. The van der Waals surface area contributed by atoms with Gasteiger partial charge in [0.05, 0.1) is 23.7 Å². The van der Waals surface area contributed by atoms with Gasteiger partial charge in [-0.25, -0.2) is 8.42 Å². The second kappa shape index (κ2) is 8.32. The topological polar surface area (TPSA) is 81.7 Å². The van der Waals surface area contributed by atoms with Gasteiger partial charge in [0.15, 0.2) is 9.84 Å². The molecule has 156 valence electrons. The van der Waals surface area contributed by atoms with E-state index in [0.717, 1.165) is 22.9 Å². The van der Waals surface area contributed by atoms with Crippen LogP contribution < -0.4 is 10.1 Å². The van der Waals surface area contributed by atoms with Crippen molar-refractivity contribution in [1.82, 2.24) is 5.32 Å². The first-order chi connectivity index (χ1) is 13.9. The number of amides is 1. The molecule has 4 rings (SSSR count). The predicted molar refractivity (Wildman–Crippen MR) is 112 cm³/mol. The van der Waals surface area contributed by atoms with E-state index in [-0.39, 0.29) is 23.5 Å². The van der Waals surface area contributed by atoms with Crippen LogP contribution >= 0.6 is 0 Å². The first-order valence-electron chi connectivity index (χ1n) is 10.2. The summed E-state index contributed by atoms with van der Waals surface area (Å²) in [5, 5.41) is 5.25. The third kappa shape index (κ3) is 4.90. The summed E-state index contributed by atoms with van der Waals surface area (Å²) in [6.45, 7) is 0.960. The maximum absolute atomic E-state index is 12.3. The van der Waals surface area contributed by atoms with E-state index in [9.17, 15) is 13.2 Å². The van der Waals surface area contributed by atoms with Crippen molar-refractivity contribution >= 4 is 26.5 Å².